The molecule has 1 aliphatic heterocycles. The van der Waals surface area contributed by atoms with E-state index in [0.29, 0.717) is 17.7 Å². The normalized spacial score (nSPS) is 19.6. The number of pyridine rings is 1. The van der Waals surface area contributed by atoms with Crippen molar-refractivity contribution in [3.05, 3.63) is 36.0 Å². The van der Waals surface area contributed by atoms with Crippen LogP contribution in [0.15, 0.2) is 30.3 Å². The summed E-state index contributed by atoms with van der Waals surface area (Å²) >= 11 is 0. The summed E-state index contributed by atoms with van der Waals surface area (Å²) in [6.07, 6.45) is 0.461. The molecule has 2 heterocycles. The van der Waals surface area contributed by atoms with E-state index in [1.165, 1.54) is 0 Å². The van der Waals surface area contributed by atoms with E-state index in [-0.39, 0.29) is 30.1 Å². The van der Waals surface area contributed by atoms with Crippen LogP contribution in [0, 0.1) is 6.92 Å². The lowest BCUT2D eigenvalue weighted by Crippen LogP contribution is -2.38. The molecule has 0 unspecified atom stereocenters. The Bertz CT molecular complexity index is 848. The van der Waals surface area contributed by atoms with Crippen LogP contribution in [0.25, 0.3) is 10.9 Å². The fourth-order valence-corrected chi connectivity index (χ4v) is 4.33. The molecule has 1 atom stereocenters. The van der Waals surface area contributed by atoms with E-state index in [1.807, 2.05) is 31.2 Å². The van der Waals surface area contributed by atoms with E-state index in [2.05, 4.69) is 10.3 Å². The number of sulfone groups is 1. The van der Waals surface area contributed by atoms with Gasteiger partial charge >= 0.3 is 0 Å². The molecule has 0 radical (unpaired) electrons. The molecule has 1 amide bonds. The van der Waals surface area contributed by atoms with E-state index in [4.69, 9.17) is 4.74 Å². The molecule has 1 saturated heterocycles. The molecule has 1 aromatic heterocycles. The van der Waals surface area contributed by atoms with Gasteiger partial charge in [0, 0.05) is 17.1 Å². The van der Waals surface area contributed by atoms with Crippen molar-refractivity contribution in [1.29, 1.82) is 0 Å². The molecule has 0 bridgehead atoms. The Morgan fingerprint density at radius 2 is 2.17 bits per heavy atom. The van der Waals surface area contributed by atoms with Gasteiger partial charge in [-0.25, -0.2) is 13.4 Å². The van der Waals surface area contributed by atoms with Crippen molar-refractivity contribution in [3.63, 3.8) is 0 Å². The van der Waals surface area contributed by atoms with Crippen LogP contribution in [0.3, 0.4) is 0 Å². The molecule has 1 aromatic carbocycles. The van der Waals surface area contributed by atoms with E-state index >= 15 is 0 Å². The summed E-state index contributed by atoms with van der Waals surface area (Å²) in [6.45, 7) is 1.73. The summed E-state index contributed by atoms with van der Waals surface area (Å²) in [5, 5.41) is 3.64. The first-order chi connectivity index (χ1) is 10.9. The number of aryl methyl sites for hydroxylation is 1. The number of benzene rings is 1. The lowest BCUT2D eigenvalue weighted by atomic mass is 10.2. The number of ether oxygens (including phenoxy) is 1. The lowest BCUT2D eigenvalue weighted by molar-refractivity contribution is -0.123. The van der Waals surface area contributed by atoms with Crippen LogP contribution in [0.2, 0.25) is 0 Å². The van der Waals surface area contributed by atoms with Crippen molar-refractivity contribution >= 4 is 26.6 Å². The largest absolute Gasteiger partial charge is 0.481 e. The molecule has 1 fully saturated rings. The van der Waals surface area contributed by atoms with Crippen LogP contribution in [0.5, 0.6) is 5.75 Å². The standard InChI is InChI=1S/C16H18N2O4S/c1-11-5-6-12-3-2-4-14(16(12)17-11)22-9-15(19)18-13-7-8-23(20,21)10-13/h2-6,13H,7-10H2,1H3,(H,18,19)/t13-/m0/s1. The Balaban J connectivity index is 1.64. The maximum Gasteiger partial charge on any atom is 0.258 e. The Morgan fingerprint density at radius 1 is 1.35 bits per heavy atom. The maximum atomic E-state index is 11.9. The molecule has 2 aromatic rings. The third-order valence-electron chi connectivity index (χ3n) is 3.78. The van der Waals surface area contributed by atoms with Gasteiger partial charge in [0.05, 0.1) is 11.5 Å². The van der Waals surface area contributed by atoms with Crippen LogP contribution in [-0.2, 0) is 14.6 Å². The predicted octanol–water partition coefficient (Wildman–Crippen LogP) is 1.23. The fourth-order valence-electron chi connectivity index (χ4n) is 2.66. The van der Waals surface area contributed by atoms with Gasteiger partial charge in [0.25, 0.3) is 5.91 Å². The SMILES string of the molecule is Cc1ccc2cccc(OCC(=O)N[C@H]3CCS(=O)(=O)C3)c2n1. The molecular weight excluding hydrogens is 316 g/mol. The molecule has 0 spiro atoms. The fraction of sp³-hybridized carbons (Fsp3) is 0.375. The summed E-state index contributed by atoms with van der Waals surface area (Å²) in [5.41, 5.74) is 1.58. The number of carbonyl (C=O) groups excluding carboxylic acids is 1. The average Bonchev–Trinajstić information content (AvgIpc) is 2.84. The van der Waals surface area contributed by atoms with E-state index in [9.17, 15) is 13.2 Å². The molecule has 23 heavy (non-hydrogen) atoms. The van der Waals surface area contributed by atoms with Crippen LogP contribution >= 0.6 is 0 Å². The second-order valence-electron chi connectivity index (χ2n) is 5.74. The zero-order valence-corrected chi connectivity index (χ0v) is 13.6. The Labute approximate surface area is 134 Å². The number of fused-ring (bicyclic) bond motifs is 1. The number of amides is 1. The van der Waals surface area contributed by atoms with E-state index in [0.717, 1.165) is 11.1 Å². The summed E-state index contributed by atoms with van der Waals surface area (Å²) < 4.78 is 28.4. The van der Waals surface area contributed by atoms with Gasteiger partial charge in [-0.05, 0) is 25.5 Å². The Kier molecular flexibility index (Phi) is 4.21. The molecule has 7 heteroatoms. The molecule has 0 saturated carbocycles. The first kappa shape index (κ1) is 15.7. The van der Waals surface area contributed by atoms with Gasteiger partial charge in [0.1, 0.15) is 11.3 Å². The first-order valence-corrected chi connectivity index (χ1v) is 9.24. The number of rotatable bonds is 4. The van der Waals surface area contributed by atoms with E-state index in [1.54, 1.807) is 6.07 Å². The van der Waals surface area contributed by atoms with Crippen LogP contribution in [0.4, 0.5) is 0 Å². The molecule has 1 N–H and O–H groups in total. The predicted molar refractivity (Wildman–Crippen MR) is 87.2 cm³/mol. The number of carbonyl (C=O) groups is 1. The minimum atomic E-state index is -3.01. The Morgan fingerprint density at radius 3 is 2.91 bits per heavy atom. The number of hydrogen-bond donors (Lipinski definition) is 1. The maximum absolute atomic E-state index is 11.9. The number of nitrogens with one attached hydrogen (secondary N) is 1. The second-order valence-corrected chi connectivity index (χ2v) is 7.97. The lowest BCUT2D eigenvalue weighted by Gasteiger charge is -2.12. The number of nitrogens with zero attached hydrogens (tertiary/aromatic N) is 1. The number of hydrogen-bond acceptors (Lipinski definition) is 5. The molecule has 0 aliphatic carbocycles. The van der Waals surface area contributed by atoms with Gasteiger partial charge in [-0.3, -0.25) is 4.79 Å². The van der Waals surface area contributed by atoms with Crippen molar-refractivity contribution in [2.45, 2.75) is 19.4 Å². The molecule has 122 valence electrons. The topological polar surface area (TPSA) is 85.4 Å². The van der Waals surface area contributed by atoms with Gasteiger partial charge < -0.3 is 10.1 Å². The van der Waals surface area contributed by atoms with Crippen molar-refractivity contribution < 1.29 is 17.9 Å². The molecule has 3 rings (SSSR count). The quantitative estimate of drug-likeness (QED) is 0.909. The van der Waals surface area contributed by atoms with Gasteiger partial charge in [-0.2, -0.15) is 0 Å². The van der Waals surface area contributed by atoms with Gasteiger partial charge in [-0.1, -0.05) is 18.2 Å². The van der Waals surface area contributed by atoms with Crippen molar-refractivity contribution in [1.82, 2.24) is 10.3 Å². The zero-order chi connectivity index (χ0) is 16.4. The summed E-state index contributed by atoms with van der Waals surface area (Å²) in [6, 6.07) is 9.09. The van der Waals surface area contributed by atoms with Crippen molar-refractivity contribution in [2.75, 3.05) is 18.1 Å². The Hall–Kier alpha value is -2.15. The third-order valence-corrected chi connectivity index (χ3v) is 5.55. The van der Waals surface area contributed by atoms with E-state index < -0.39 is 9.84 Å². The first-order valence-electron chi connectivity index (χ1n) is 7.42. The average molecular weight is 334 g/mol. The number of para-hydroxylation sites is 1. The van der Waals surface area contributed by atoms with Gasteiger partial charge in [0.15, 0.2) is 16.4 Å². The summed E-state index contributed by atoms with van der Waals surface area (Å²) in [5.74, 6) is 0.358. The minimum absolute atomic E-state index is 0.00770. The third kappa shape index (κ3) is 3.79. The molecule has 1 aliphatic rings. The highest BCUT2D eigenvalue weighted by molar-refractivity contribution is 7.91. The highest BCUT2D eigenvalue weighted by Crippen LogP contribution is 2.23. The number of aromatic nitrogens is 1. The van der Waals surface area contributed by atoms with Crippen LogP contribution in [-0.4, -0.2) is 43.5 Å². The molecule has 6 nitrogen and oxygen atoms in total. The second kappa shape index (κ2) is 6.16. The summed E-state index contributed by atoms with van der Waals surface area (Å²) in [7, 11) is -3.01. The van der Waals surface area contributed by atoms with Crippen LogP contribution in [0.1, 0.15) is 12.1 Å². The van der Waals surface area contributed by atoms with Crippen molar-refractivity contribution in [2.24, 2.45) is 0 Å². The smallest absolute Gasteiger partial charge is 0.258 e. The molecular formula is C16H18N2O4S. The summed E-state index contributed by atoms with van der Waals surface area (Å²) in [4.78, 5) is 16.4. The van der Waals surface area contributed by atoms with Gasteiger partial charge in [-0.15, -0.1) is 0 Å². The van der Waals surface area contributed by atoms with Crippen LogP contribution < -0.4 is 10.1 Å². The van der Waals surface area contributed by atoms with Gasteiger partial charge in [0.2, 0.25) is 0 Å². The highest BCUT2D eigenvalue weighted by Gasteiger charge is 2.28. The highest BCUT2D eigenvalue weighted by atomic mass is 32.2. The monoisotopic (exact) mass is 334 g/mol. The minimum Gasteiger partial charge on any atom is -0.481 e. The van der Waals surface area contributed by atoms with Crippen molar-refractivity contribution in [3.8, 4) is 5.75 Å². The zero-order valence-electron chi connectivity index (χ0n) is 12.8.